The quantitative estimate of drug-likeness (QED) is 0.287. The lowest BCUT2D eigenvalue weighted by Crippen LogP contribution is -2.59. The van der Waals surface area contributed by atoms with Crippen molar-refractivity contribution < 1.29 is 23.1 Å². The predicted molar refractivity (Wildman–Crippen MR) is 163 cm³/mol. The molecule has 1 N–H and O–H groups in total. The molecule has 1 aromatic heterocycles. The number of halogens is 2. The minimum absolute atomic E-state index is 0.0104. The molecule has 1 amide bonds. The second-order valence-corrected chi connectivity index (χ2v) is 14.4. The van der Waals surface area contributed by atoms with E-state index in [4.69, 9.17) is 23.2 Å². The first-order valence-corrected chi connectivity index (χ1v) is 16.4. The van der Waals surface area contributed by atoms with Gasteiger partial charge in [-0.2, -0.15) is 0 Å². The number of pyridine rings is 1. The smallest absolute Gasteiger partial charge is 0.304 e. The van der Waals surface area contributed by atoms with Gasteiger partial charge >= 0.3 is 5.97 Å². The van der Waals surface area contributed by atoms with Crippen molar-refractivity contribution >= 4 is 50.8 Å². The van der Waals surface area contributed by atoms with Gasteiger partial charge in [0.15, 0.2) is 0 Å². The first-order valence-electron chi connectivity index (χ1n) is 13.8. The van der Waals surface area contributed by atoms with E-state index in [9.17, 15) is 23.1 Å². The zero-order chi connectivity index (χ0) is 30.2. The maximum Gasteiger partial charge on any atom is 0.304 e. The molecule has 5 rings (SSSR count). The van der Waals surface area contributed by atoms with Crippen LogP contribution in [0, 0.1) is 11.3 Å². The first kappa shape index (κ1) is 30.3. The lowest BCUT2D eigenvalue weighted by molar-refractivity contribution is -0.160. The predicted octanol–water partition coefficient (Wildman–Crippen LogP) is 6.17. The summed E-state index contributed by atoms with van der Waals surface area (Å²) in [6.45, 7) is 1.71. The molecular weight excluding hydrogens is 597 g/mol. The van der Waals surface area contributed by atoms with Gasteiger partial charge in [0.25, 0.3) is 0 Å². The van der Waals surface area contributed by atoms with Crippen molar-refractivity contribution in [3.05, 3.63) is 94.2 Å². The van der Waals surface area contributed by atoms with Gasteiger partial charge in [-0.3, -0.25) is 18.9 Å². The van der Waals surface area contributed by atoms with Crippen LogP contribution in [0.5, 0.6) is 0 Å². The highest BCUT2D eigenvalue weighted by Crippen LogP contribution is 2.54. The number of carbonyl (C=O) groups excluding carboxylic acids is 1. The molecule has 1 saturated heterocycles. The fourth-order valence-electron chi connectivity index (χ4n) is 6.29. The summed E-state index contributed by atoms with van der Waals surface area (Å²) < 4.78 is 27.6. The summed E-state index contributed by atoms with van der Waals surface area (Å²) in [6, 6.07) is 17.0. The number of hydrogen-bond acceptors (Lipinski definition) is 5. The summed E-state index contributed by atoms with van der Waals surface area (Å²) in [5.74, 6) is -1.66. The Kier molecular flexibility index (Phi) is 8.56. The number of anilines is 1. The molecule has 222 valence electrons. The number of aliphatic carboxylic acids is 1. The molecular formula is C31H33Cl2N3O5S. The Hall–Kier alpha value is -3.14. The Bertz CT molecular complexity index is 1570. The van der Waals surface area contributed by atoms with Crippen LogP contribution in [-0.2, 0) is 19.6 Å². The maximum absolute atomic E-state index is 14.6. The average Bonchev–Trinajstić information content (AvgIpc) is 3.76. The van der Waals surface area contributed by atoms with E-state index in [1.165, 1.54) is 10.5 Å². The number of nitrogens with zero attached hydrogens (tertiary/aromatic N) is 3. The summed E-state index contributed by atoms with van der Waals surface area (Å²) in [5, 5.41) is 11.0. The number of rotatable bonds is 10. The Morgan fingerprint density at radius 1 is 1.10 bits per heavy atom. The van der Waals surface area contributed by atoms with E-state index in [-0.39, 0.29) is 37.1 Å². The topological polar surface area (TPSA) is 108 Å². The third-order valence-corrected chi connectivity index (χ3v) is 9.99. The van der Waals surface area contributed by atoms with Gasteiger partial charge < -0.3 is 10.0 Å². The number of benzene rings is 2. The van der Waals surface area contributed by atoms with Crippen LogP contribution >= 0.6 is 23.2 Å². The van der Waals surface area contributed by atoms with Gasteiger partial charge in [0.05, 0.1) is 48.6 Å². The number of aromatic nitrogens is 1. The molecule has 0 bridgehead atoms. The van der Waals surface area contributed by atoms with Crippen LogP contribution in [0.4, 0.5) is 5.69 Å². The van der Waals surface area contributed by atoms with E-state index >= 15 is 0 Å². The number of likely N-dealkylation sites (tertiary alicyclic amines) is 1. The standard InChI is InChI=1S/C31H33Cl2N3O5S/c1-31(17-28(37)38)16-26(22-5-3-6-24(33)15-22)29(21-10-12-23(32)13-11-21)36(30(31)39)27(20-8-9-20)19-35(42(2,40)41)25-7-4-14-34-18-25/h3-7,10-15,18,20,26-27,29H,8-9,16-17,19H2,1-2H3,(H,37,38)/t26-,27-,29-,31-/m1/s1. The number of amides is 1. The molecule has 0 spiro atoms. The average molecular weight is 631 g/mol. The fourth-order valence-corrected chi connectivity index (χ4v) is 7.53. The Morgan fingerprint density at radius 3 is 2.38 bits per heavy atom. The molecule has 1 aliphatic heterocycles. The van der Waals surface area contributed by atoms with Crippen molar-refractivity contribution in [3.8, 4) is 0 Å². The molecule has 11 heteroatoms. The number of carboxylic acids is 1. The van der Waals surface area contributed by atoms with Gasteiger partial charge in [0, 0.05) is 22.2 Å². The summed E-state index contributed by atoms with van der Waals surface area (Å²) in [6.07, 6.45) is 5.76. The molecule has 1 aliphatic carbocycles. The molecule has 2 heterocycles. The van der Waals surface area contributed by atoms with E-state index in [1.54, 1.807) is 48.4 Å². The van der Waals surface area contributed by atoms with Crippen molar-refractivity contribution in [2.24, 2.45) is 11.3 Å². The van der Waals surface area contributed by atoms with E-state index in [0.717, 1.165) is 30.2 Å². The van der Waals surface area contributed by atoms with Crippen LogP contribution < -0.4 is 4.31 Å². The molecule has 42 heavy (non-hydrogen) atoms. The lowest BCUT2D eigenvalue weighted by Gasteiger charge is -2.52. The first-order chi connectivity index (χ1) is 19.9. The number of carboxylic acid groups (broad SMARTS) is 1. The zero-order valence-corrected chi connectivity index (χ0v) is 25.7. The van der Waals surface area contributed by atoms with Gasteiger partial charge in [-0.25, -0.2) is 8.42 Å². The van der Waals surface area contributed by atoms with Gasteiger partial charge in [0.1, 0.15) is 0 Å². The van der Waals surface area contributed by atoms with Gasteiger partial charge in [-0.1, -0.05) is 54.4 Å². The highest BCUT2D eigenvalue weighted by molar-refractivity contribution is 7.92. The van der Waals surface area contributed by atoms with Crippen molar-refractivity contribution in [2.45, 2.75) is 50.6 Å². The summed E-state index contributed by atoms with van der Waals surface area (Å²) >= 11 is 12.7. The van der Waals surface area contributed by atoms with Gasteiger partial charge in [-0.15, -0.1) is 0 Å². The largest absolute Gasteiger partial charge is 0.481 e. The molecule has 2 fully saturated rings. The van der Waals surface area contributed by atoms with Crippen LogP contribution in [0.15, 0.2) is 73.1 Å². The molecule has 3 aromatic rings. The zero-order valence-electron chi connectivity index (χ0n) is 23.4. The number of carbonyl (C=O) groups is 2. The lowest BCUT2D eigenvalue weighted by atomic mass is 9.67. The van der Waals surface area contributed by atoms with Gasteiger partial charge in [-0.05, 0) is 72.7 Å². The van der Waals surface area contributed by atoms with E-state index in [1.807, 2.05) is 30.3 Å². The normalized spacial score (nSPS) is 23.4. The van der Waals surface area contributed by atoms with Crippen molar-refractivity contribution in [3.63, 3.8) is 0 Å². The van der Waals surface area contributed by atoms with E-state index < -0.39 is 33.5 Å². The summed E-state index contributed by atoms with van der Waals surface area (Å²) in [4.78, 5) is 32.7. The highest BCUT2D eigenvalue weighted by atomic mass is 35.5. The number of piperidine rings is 1. The summed E-state index contributed by atoms with van der Waals surface area (Å²) in [7, 11) is -3.76. The Balaban J connectivity index is 1.70. The highest BCUT2D eigenvalue weighted by Gasteiger charge is 2.55. The van der Waals surface area contributed by atoms with Crippen LogP contribution in [0.25, 0.3) is 0 Å². The summed E-state index contributed by atoms with van der Waals surface area (Å²) in [5.41, 5.74) is 0.864. The third-order valence-electron chi connectivity index (χ3n) is 8.34. The minimum atomic E-state index is -3.76. The maximum atomic E-state index is 14.6. The Morgan fingerprint density at radius 2 is 1.81 bits per heavy atom. The third kappa shape index (κ3) is 6.43. The van der Waals surface area contributed by atoms with E-state index in [0.29, 0.717) is 15.7 Å². The molecule has 0 unspecified atom stereocenters. The number of sulfonamides is 1. The fraction of sp³-hybridized carbons (Fsp3) is 0.387. The van der Waals surface area contributed by atoms with Crippen LogP contribution in [-0.4, -0.2) is 54.1 Å². The second kappa shape index (κ2) is 11.9. The monoisotopic (exact) mass is 629 g/mol. The second-order valence-electron chi connectivity index (χ2n) is 11.6. The van der Waals surface area contributed by atoms with Crippen LogP contribution in [0.3, 0.4) is 0 Å². The van der Waals surface area contributed by atoms with Crippen LogP contribution in [0.1, 0.15) is 55.7 Å². The minimum Gasteiger partial charge on any atom is -0.481 e. The molecule has 8 nitrogen and oxygen atoms in total. The van der Waals surface area contributed by atoms with Crippen molar-refractivity contribution in [1.29, 1.82) is 0 Å². The van der Waals surface area contributed by atoms with Crippen molar-refractivity contribution in [2.75, 3.05) is 17.1 Å². The van der Waals surface area contributed by atoms with Crippen molar-refractivity contribution in [1.82, 2.24) is 9.88 Å². The molecule has 2 aliphatic rings. The molecule has 1 saturated carbocycles. The SMILES string of the molecule is C[C@]1(CC(=O)O)C[C@H](c2cccc(Cl)c2)[C@@H](c2ccc(Cl)cc2)N([C@H](CN(c2cccnc2)S(C)(=O)=O)C2CC2)C1=O. The molecule has 2 aromatic carbocycles. The Labute approximate surface area is 256 Å². The van der Waals surface area contributed by atoms with Gasteiger partial charge in [0.2, 0.25) is 15.9 Å². The number of hydrogen-bond donors (Lipinski definition) is 1. The van der Waals surface area contributed by atoms with E-state index in [2.05, 4.69) is 4.98 Å². The molecule has 4 atom stereocenters. The molecule has 0 radical (unpaired) electrons. The van der Waals surface area contributed by atoms with Crippen LogP contribution in [0.2, 0.25) is 10.0 Å².